The number of nitrogens with zero attached hydrogens (tertiary/aromatic N) is 1. The van der Waals surface area contributed by atoms with E-state index < -0.39 is 6.09 Å². The predicted octanol–water partition coefficient (Wildman–Crippen LogP) is 2.02. The second-order valence-corrected chi connectivity index (χ2v) is 4.28. The van der Waals surface area contributed by atoms with Gasteiger partial charge in [0.15, 0.2) is 12.4 Å². The lowest BCUT2D eigenvalue weighted by Gasteiger charge is -2.15. The molecule has 90 valence electrons. The van der Waals surface area contributed by atoms with Crippen molar-refractivity contribution in [1.29, 1.82) is 0 Å². The molecular weight excluding hydrogens is 238 g/mol. The van der Waals surface area contributed by atoms with E-state index in [0.717, 1.165) is 0 Å². The van der Waals surface area contributed by atoms with Crippen LogP contribution in [0.1, 0.15) is 16.1 Å². The van der Waals surface area contributed by atoms with Gasteiger partial charge in [-0.15, -0.1) is 17.8 Å². The fraction of sp³-hybridized carbons (Fsp3) is 0.333. The summed E-state index contributed by atoms with van der Waals surface area (Å²) in [6.45, 7) is 0.266. The molecular formula is C12H13NO3S. The van der Waals surface area contributed by atoms with Gasteiger partial charge >= 0.3 is 6.09 Å². The van der Waals surface area contributed by atoms with Crippen LogP contribution in [0.5, 0.6) is 0 Å². The van der Waals surface area contributed by atoms with Crippen LogP contribution in [0.15, 0.2) is 17.5 Å². The maximum atomic E-state index is 11.6. The first-order valence-corrected chi connectivity index (χ1v) is 5.91. The largest absolute Gasteiger partial charge is 0.436 e. The zero-order valence-corrected chi connectivity index (χ0v) is 10.3. The molecule has 0 bridgehead atoms. The molecule has 1 heterocycles. The number of amides is 1. The topological polar surface area (TPSA) is 46.6 Å². The molecule has 17 heavy (non-hydrogen) atoms. The van der Waals surface area contributed by atoms with Crippen molar-refractivity contribution in [3.05, 3.63) is 22.4 Å². The van der Waals surface area contributed by atoms with Crippen molar-refractivity contribution in [3.8, 4) is 12.3 Å². The third kappa shape index (κ3) is 4.29. The minimum absolute atomic E-state index is 0.0246. The van der Waals surface area contributed by atoms with E-state index in [-0.39, 0.29) is 18.8 Å². The molecule has 0 aliphatic heterocycles. The molecule has 0 atom stereocenters. The number of thiophene rings is 1. The Morgan fingerprint density at radius 2 is 2.35 bits per heavy atom. The minimum Gasteiger partial charge on any atom is -0.436 e. The van der Waals surface area contributed by atoms with Gasteiger partial charge in [-0.1, -0.05) is 12.0 Å². The summed E-state index contributed by atoms with van der Waals surface area (Å²) in [5.74, 6) is 2.23. The lowest BCUT2D eigenvalue weighted by molar-refractivity contribution is 0.0957. The maximum Gasteiger partial charge on any atom is 0.410 e. The number of Topliss-reactive ketones (excluding diaryl/α,β-unsaturated/α-hetero) is 1. The fourth-order valence-corrected chi connectivity index (χ4v) is 1.83. The van der Waals surface area contributed by atoms with E-state index in [1.807, 2.05) is 11.4 Å². The Bertz CT molecular complexity index is 419. The highest BCUT2D eigenvalue weighted by Gasteiger charge is 2.12. The van der Waals surface area contributed by atoms with E-state index in [1.54, 1.807) is 13.1 Å². The molecule has 0 unspecified atom stereocenters. The summed E-state index contributed by atoms with van der Waals surface area (Å²) in [6.07, 6.45) is 4.73. The van der Waals surface area contributed by atoms with Gasteiger partial charge in [0.1, 0.15) is 0 Å². The van der Waals surface area contributed by atoms with E-state index >= 15 is 0 Å². The molecule has 1 rings (SSSR count). The quantitative estimate of drug-likeness (QED) is 0.594. The van der Waals surface area contributed by atoms with Gasteiger partial charge in [0, 0.05) is 20.0 Å². The molecule has 4 nitrogen and oxygen atoms in total. The van der Waals surface area contributed by atoms with Gasteiger partial charge in [-0.25, -0.2) is 4.79 Å². The van der Waals surface area contributed by atoms with Crippen molar-refractivity contribution < 1.29 is 14.3 Å². The van der Waals surface area contributed by atoms with E-state index in [1.165, 1.54) is 16.2 Å². The lowest BCUT2D eigenvalue weighted by atomic mass is 10.2. The van der Waals surface area contributed by atoms with Crippen molar-refractivity contribution >= 4 is 23.2 Å². The Hall–Kier alpha value is -1.80. The Kier molecular flexibility index (Phi) is 5.24. The molecule has 0 fully saturated rings. The van der Waals surface area contributed by atoms with Crippen LogP contribution >= 0.6 is 11.3 Å². The first-order valence-electron chi connectivity index (χ1n) is 5.03. The van der Waals surface area contributed by atoms with Gasteiger partial charge < -0.3 is 9.64 Å². The van der Waals surface area contributed by atoms with Crippen molar-refractivity contribution in [2.45, 2.75) is 6.42 Å². The fourth-order valence-electron chi connectivity index (χ4n) is 1.13. The first kappa shape index (κ1) is 13.3. The number of carbonyl (C=O) groups excluding carboxylic acids is 2. The molecule has 5 heteroatoms. The van der Waals surface area contributed by atoms with E-state index in [9.17, 15) is 9.59 Å². The standard InChI is InChI=1S/C12H13NO3S/c1-3-8-16-12(15)13(2)7-6-10(14)11-5-4-9-17-11/h1,4-5,9H,6-8H2,2H3. The lowest BCUT2D eigenvalue weighted by Crippen LogP contribution is -2.29. The van der Waals surface area contributed by atoms with E-state index in [0.29, 0.717) is 11.4 Å². The molecule has 0 radical (unpaired) electrons. The molecule has 0 saturated carbocycles. The van der Waals surface area contributed by atoms with Crippen LogP contribution in [0.3, 0.4) is 0 Å². The Morgan fingerprint density at radius 1 is 1.59 bits per heavy atom. The van der Waals surface area contributed by atoms with Crippen LogP contribution in [-0.2, 0) is 4.74 Å². The highest BCUT2D eigenvalue weighted by molar-refractivity contribution is 7.12. The molecule has 0 spiro atoms. The number of rotatable bonds is 5. The molecule has 0 aliphatic carbocycles. The average Bonchev–Trinajstić information content (AvgIpc) is 2.86. The van der Waals surface area contributed by atoms with Gasteiger partial charge in [0.25, 0.3) is 0 Å². The van der Waals surface area contributed by atoms with Crippen molar-refractivity contribution in [2.75, 3.05) is 20.2 Å². The predicted molar refractivity (Wildman–Crippen MR) is 66.1 cm³/mol. The Labute approximate surface area is 104 Å². The van der Waals surface area contributed by atoms with Crippen LogP contribution in [0.25, 0.3) is 0 Å². The van der Waals surface area contributed by atoms with Crippen molar-refractivity contribution in [3.63, 3.8) is 0 Å². The summed E-state index contributed by atoms with van der Waals surface area (Å²) in [4.78, 5) is 25.0. The maximum absolute atomic E-state index is 11.6. The monoisotopic (exact) mass is 251 g/mol. The second-order valence-electron chi connectivity index (χ2n) is 3.33. The average molecular weight is 251 g/mol. The number of ketones is 1. The van der Waals surface area contributed by atoms with Crippen LogP contribution in [0.2, 0.25) is 0 Å². The highest BCUT2D eigenvalue weighted by Crippen LogP contribution is 2.11. The number of hydrogen-bond donors (Lipinski definition) is 0. The minimum atomic E-state index is -0.512. The Balaban J connectivity index is 2.33. The highest BCUT2D eigenvalue weighted by atomic mass is 32.1. The molecule has 1 aromatic heterocycles. The number of terminal acetylenes is 1. The van der Waals surface area contributed by atoms with Crippen molar-refractivity contribution in [1.82, 2.24) is 4.90 Å². The number of ether oxygens (including phenoxy) is 1. The summed E-state index contributed by atoms with van der Waals surface area (Å²) in [7, 11) is 1.57. The molecule has 0 aliphatic rings. The normalized spacial score (nSPS) is 9.41. The summed E-state index contributed by atoms with van der Waals surface area (Å²) in [6, 6.07) is 3.59. The second kappa shape index (κ2) is 6.71. The van der Waals surface area contributed by atoms with Gasteiger partial charge in [-0.2, -0.15) is 0 Å². The van der Waals surface area contributed by atoms with Gasteiger partial charge in [0.2, 0.25) is 0 Å². The summed E-state index contributed by atoms with van der Waals surface area (Å²) in [5, 5.41) is 1.85. The van der Waals surface area contributed by atoms with Gasteiger partial charge in [-0.05, 0) is 11.4 Å². The zero-order chi connectivity index (χ0) is 12.7. The van der Waals surface area contributed by atoms with Crippen LogP contribution in [-0.4, -0.2) is 37.0 Å². The van der Waals surface area contributed by atoms with Gasteiger partial charge in [0.05, 0.1) is 4.88 Å². The van der Waals surface area contributed by atoms with E-state index in [4.69, 9.17) is 11.2 Å². The molecule has 0 aromatic carbocycles. The van der Waals surface area contributed by atoms with Gasteiger partial charge in [-0.3, -0.25) is 4.79 Å². The first-order chi connectivity index (χ1) is 8.15. The van der Waals surface area contributed by atoms with Crippen LogP contribution in [0.4, 0.5) is 4.79 Å². The van der Waals surface area contributed by atoms with Crippen LogP contribution in [0, 0.1) is 12.3 Å². The number of hydrogen-bond acceptors (Lipinski definition) is 4. The van der Waals surface area contributed by atoms with E-state index in [2.05, 4.69) is 5.92 Å². The van der Waals surface area contributed by atoms with Crippen molar-refractivity contribution in [2.24, 2.45) is 0 Å². The summed E-state index contributed by atoms with van der Waals surface area (Å²) in [5.41, 5.74) is 0. The molecule has 0 N–H and O–H groups in total. The van der Waals surface area contributed by atoms with Crippen LogP contribution < -0.4 is 0 Å². The SMILES string of the molecule is C#CCOC(=O)N(C)CCC(=O)c1cccs1. The summed E-state index contributed by atoms with van der Waals surface area (Å²) < 4.78 is 4.72. The third-order valence-corrected chi connectivity index (χ3v) is 2.97. The third-order valence-electron chi connectivity index (χ3n) is 2.06. The smallest absolute Gasteiger partial charge is 0.410 e. The Morgan fingerprint density at radius 3 is 2.94 bits per heavy atom. The summed E-state index contributed by atoms with van der Waals surface area (Å²) >= 11 is 1.39. The molecule has 1 amide bonds. The number of carbonyl (C=O) groups is 2. The zero-order valence-electron chi connectivity index (χ0n) is 9.51. The molecule has 1 aromatic rings. The molecule has 0 saturated heterocycles.